The van der Waals surface area contributed by atoms with Gasteiger partial charge in [0.05, 0.1) is 0 Å². The summed E-state index contributed by atoms with van der Waals surface area (Å²) in [5.41, 5.74) is 4.96. The SMILES string of the molecule is O=C1/C(=N\Nc2nc(N3CCCCC3)nc(N3CCCCC3)n2)c2cccc3cccc1c23. The zero-order valence-corrected chi connectivity index (χ0v) is 18.6. The number of hydrazone groups is 1. The summed E-state index contributed by atoms with van der Waals surface area (Å²) in [5, 5.41) is 6.52. The molecule has 0 unspecified atom stereocenters. The Kier molecular flexibility index (Phi) is 5.13. The van der Waals surface area contributed by atoms with Crippen LogP contribution in [0.2, 0.25) is 0 Å². The number of hydrogen-bond acceptors (Lipinski definition) is 8. The van der Waals surface area contributed by atoms with Crippen LogP contribution < -0.4 is 15.2 Å². The van der Waals surface area contributed by atoms with Crippen molar-refractivity contribution < 1.29 is 4.79 Å². The molecule has 3 aromatic rings. The Morgan fingerprint density at radius 3 is 1.91 bits per heavy atom. The fourth-order valence-corrected chi connectivity index (χ4v) is 5.07. The molecule has 8 heteroatoms. The maximum atomic E-state index is 13.1. The van der Waals surface area contributed by atoms with Crippen molar-refractivity contribution in [3.05, 3.63) is 47.5 Å². The van der Waals surface area contributed by atoms with E-state index in [2.05, 4.69) is 30.3 Å². The molecule has 1 aromatic heterocycles. The first-order valence-electron chi connectivity index (χ1n) is 11.9. The molecule has 0 amide bonds. The number of rotatable bonds is 4. The molecule has 168 valence electrons. The molecule has 2 saturated heterocycles. The first kappa shape index (κ1) is 20.1. The summed E-state index contributed by atoms with van der Waals surface area (Å²) < 4.78 is 0. The largest absolute Gasteiger partial charge is 0.341 e. The van der Waals surface area contributed by atoms with Gasteiger partial charge in [-0.1, -0.05) is 36.4 Å². The minimum Gasteiger partial charge on any atom is -0.341 e. The van der Waals surface area contributed by atoms with Crippen LogP contribution >= 0.6 is 0 Å². The molecule has 33 heavy (non-hydrogen) atoms. The van der Waals surface area contributed by atoms with Crippen molar-refractivity contribution >= 4 is 40.1 Å². The lowest BCUT2D eigenvalue weighted by molar-refractivity contribution is 0.107. The molecule has 8 nitrogen and oxygen atoms in total. The average molecular weight is 442 g/mol. The lowest BCUT2D eigenvalue weighted by Gasteiger charge is -2.30. The molecule has 0 spiro atoms. The number of aromatic nitrogens is 3. The third kappa shape index (κ3) is 3.69. The Labute approximate surface area is 192 Å². The second-order valence-corrected chi connectivity index (χ2v) is 8.97. The topological polar surface area (TPSA) is 86.6 Å². The molecule has 1 N–H and O–H groups in total. The van der Waals surface area contributed by atoms with Crippen molar-refractivity contribution in [2.45, 2.75) is 38.5 Å². The zero-order chi connectivity index (χ0) is 22.2. The van der Waals surface area contributed by atoms with E-state index in [4.69, 9.17) is 4.98 Å². The molecule has 3 heterocycles. The van der Waals surface area contributed by atoms with Crippen LogP contribution in [0.4, 0.5) is 17.8 Å². The molecule has 2 aromatic carbocycles. The van der Waals surface area contributed by atoms with E-state index in [1.54, 1.807) is 0 Å². The Balaban J connectivity index is 1.35. The van der Waals surface area contributed by atoms with Gasteiger partial charge in [-0.3, -0.25) is 4.79 Å². The Morgan fingerprint density at radius 2 is 1.30 bits per heavy atom. The molecule has 2 aliphatic heterocycles. The van der Waals surface area contributed by atoms with Gasteiger partial charge < -0.3 is 9.80 Å². The van der Waals surface area contributed by atoms with Crippen LogP contribution in [0.3, 0.4) is 0 Å². The van der Waals surface area contributed by atoms with Gasteiger partial charge in [-0.05, 0) is 43.9 Å². The number of piperidine rings is 2. The summed E-state index contributed by atoms with van der Waals surface area (Å²) in [4.78, 5) is 31.7. The molecule has 3 aliphatic rings. The second-order valence-electron chi connectivity index (χ2n) is 8.97. The highest BCUT2D eigenvalue weighted by molar-refractivity contribution is 6.59. The van der Waals surface area contributed by atoms with E-state index in [1.807, 2.05) is 36.4 Å². The van der Waals surface area contributed by atoms with Crippen molar-refractivity contribution in [1.82, 2.24) is 15.0 Å². The number of carbonyl (C=O) groups is 1. The van der Waals surface area contributed by atoms with Gasteiger partial charge in [0.25, 0.3) is 0 Å². The molecule has 0 bridgehead atoms. The molecular weight excluding hydrogens is 414 g/mol. The smallest absolute Gasteiger partial charge is 0.250 e. The van der Waals surface area contributed by atoms with Gasteiger partial charge in [0.15, 0.2) is 0 Å². The van der Waals surface area contributed by atoms with Gasteiger partial charge in [-0.15, -0.1) is 0 Å². The number of Topliss-reactive ketones (excluding diaryl/α,β-unsaturated/α-hetero) is 1. The van der Waals surface area contributed by atoms with Gasteiger partial charge in [-0.2, -0.15) is 20.1 Å². The van der Waals surface area contributed by atoms with Gasteiger partial charge in [0, 0.05) is 42.7 Å². The van der Waals surface area contributed by atoms with Crippen molar-refractivity contribution in [3.8, 4) is 0 Å². The lowest BCUT2D eigenvalue weighted by Crippen LogP contribution is -2.34. The van der Waals surface area contributed by atoms with Crippen molar-refractivity contribution in [1.29, 1.82) is 0 Å². The average Bonchev–Trinajstić information content (AvgIpc) is 3.16. The number of anilines is 3. The van der Waals surface area contributed by atoms with Crippen LogP contribution in [0.15, 0.2) is 41.5 Å². The molecule has 2 fully saturated rings. The number of nitrogens with zero attached hydrogens (tertiary/aromatic N) is 6. The number of hydrogen-bond donors (Lipinski definition) is 1. The van der Waals surface area contributed by atoms with Crippen LogP contribution in [0.5, 0.6) is 0 Å². The van der Waals surface area contributed by atoms with E-state index in [0.717, 1.165) is 68.2 Å². The van der Waals surface area contributed by atoms with Crippen LogP contribution in [0, 0.1) is 0 Å². The molecule has 6 rings (SSSR count). The third-order valence-electron chi connectivity index (χ3n) is 6.78. The standard InChI is InChI=1S/C25H27N7O/c33-22-19-12-8-10-17-9-7-11-18(20(17)19)21(22)29-30-23-26-24(31-13-3-1-4-14-31)28-25(27-23)32-15-5-2-6-16-32/h7-12H,1-6,13-16H2,(H,26,27,28,30)/b29-21-. The predicted octanol–water partition coefficient (Wildman–Crippen LogP) is 4.02. The van der Waals surface area contributed by atoms with Crippen molar-refractivity contribution in [2.75, 3.05) is 41.4 Å². The first-order chi connectivity index (χ1) is 16.3. The van der Waals surface area contributed by atoms with E-state index in [1.165, 1.54) is 12.8 Å². The highest BCUT2D eigenvalue weighted by Crippen LogP contribution is 2.31. The highest BCUT2D eigenvalue weighted by atomic mass is 16.1. The van der Waals surface area contributed by atoms with Crippen molar-refractivity contribution in [3.63, 3.8) is 0 Å². The van der Waals surface area contributed by atoms with Gasteiger partial charge in [-0.25, -0.2) is 5.43 Å². The van der Waals surface area contributed by atoms with E-state index in [-0.39, 0.29) is 5.78 Å². The normalized spacial score (nSPS) is 19.5. The summed E-state index contributed by atoms with van der Waals surface area (Å²) in [6, 6.07) is 11.7. The van der Waals surface area contributed by atoms with Crippen LogP contribution in [-0.4, -0.2) is 52.6 Å². The molecular formula is C25H27N7O. The molecule has 0 atom stereocenters. The van der Waals surface area contributed by atoms with Crippen LogP contribution in [-0.2, 0) is 0 Å². The fraction of sp³-hybridized carbons (Fsp3) is 0.400. The van der Waals surface area contributed by atoms with Crippen LogP contribution in [0.25, 0.3) is 10.8 Å². The number of benzene rings is 2. The quantitative estimate of drug-likeness (QED) is 0.612. The van der Waals surface area contributed by atoms with Gasteiger partial charge in [0.1, 0.15) is 5.71 Å². The minimum atomic E-state index is -0.0733. The maximum absolute atomic E-state index is 13.1. The first-order valence-corrected chi connectivity index (χ1v) is 11.9. The van der Waals surface area contributed by atoms with Gasteiger partial charge >= 0.3 is 0 Å². The Morgan fingerprint density at radius 1 is 0.727 bits per heavy atom. The Bertz CT molecular complexity index is 1200. The number of ketones is 1. The predicted molar refractivity (Wildman–Crippen MR) is 130 cm³/mol. The number of carbonyl (C=O) groups excluding carboxylic acids is 1. The number of nitrogens with one attached hydrogen (secondary N) is 1. The third-order valence-corrected chi connectivity index (χ3v) is 6.78. The van der Waals surface area contributed by atoms with E-state index in [9.17, 15) is 4.79 Å². The summed E-state index contributed by atoms with van der Waals surface area (Å²) in [7, 11) is 0. The monoisotopic (exact) mass is 441 g/mol. The van der Waals surface area contributed by atoms with E-state index in [0.29, 0.717) is 29.1 Å². The van der Waals surface area contributed by atoms with Crippen molar-refractivity contribution in [2.24, 2.45) is 5.10 Å². The highest BCUT2D eigenvalue weighted by Gasteiger charge is 2.29. The summed E-state index contributed by atoms with van der Waals surface area (Å²) in [6.07, 6.45) is 7.07. The Hall–Kier alpha value is -3.55. The van der Waals surface area contributed by atoms with Gasteiger partial charge in [0.2, 0.25) is 23.6 Å². The zero-order valence-electron chi connectivity index (χ0n) is 18.6. The minimum absolute atomic E-state index is 0.0733. The van der Waals surface area contributed by atoms with E-state index < -0.39 is 0 Å². The summed E-state index contributed by atoms with van der Waals surface area (Å²) >= 11 is 0. The second kappa shape index (κ2) is 8.42. The molecule has 0 radical (unpaired) electrons. The molecule has 0 saturated carbocycles. The maximum Gasteiger partial charge on any atom is 0.250 e. The molecule has 1 aliphatic carbocycles. The summed E-state index contributed by atoms with van der Waals surface area (Å²) in [5.74, 6) is 1.69. The lowest BCUT2D eigenvalue weighted by atomic mass is 10.1. The fourth-order valence-electron chi connectivity index (χ4n) is 5.07. The van der Waals surface area contributed by atoms with Crippen LogP contribution in [0.1, 0.15) is 54.4 Å². The van der Waals surface area contributed by atoms with E-state index >= 15 is 0 Å². The summed E-state index contributed by atoms with van der Waals surface area (Å²) in [6.45, 7) is 3.81.